The fraction of sp³-hybridized carbons (Fsp3) is 0.370. The molecule has 4 aromatic rings. The molecule has 0 aliphatic heterocycles. The highest BCUT2D eigenvalue weighted by Crippen LogP contribution is 2.43. The Labute approximate surface area is 209 Å². The monoisotopic (exact) mass is 483 g/mol. The number of nitrogens with zero attached hydrogens (tertiary/aromatic N) is 5. The number of aromatic nitrogens is 5. The molecule has 0 atom stereocenters. The Balaban J connectivity index is 1.47. The van der Waals surface area contributed by atoms with E-state index in [0.717, 1.165) is 46.3 Å². The van der Waals surface area contributed by atoms with E-state index in [2.05, 4.69) is 36.6 Å². The van der Waals surface area contributed by atoms with Crippen LogP contribution < -0.4 is 10.1 Å². The van der Waals surface area contributed by atoms with Crippen LogP contribution in [0.5, 0.6) is 5.75 Å². The van der Waals surface area contributed by atoms with Crippen LogP contribution in [0.2, 0.25) is 0 Å². The summed E-state index contributed by atoms with van der Waals surface area (Å²) in [7, 11) is 0. The smallest absolute Gasteiger partial charge is 0.224 e. The van der Waals surface area contributed by atoms with E-state index in [1.54, 1.807) is 0 Å². The van der Waals surface area contributed by atoms with Gasteiger partial charge >= 0.3 is 0 Å². The first-order valence-electron chi connectivity index (χ1n) is 12.4. The molecule has 2 N–H and O–H groups in total. The second kappa shape index (κ2) is 10.2. The molecule has 2 heterocycles. The maximum atomic E-state index is 12.2. The van der Waals surface area contributed by atoms with Gasteiger partial charge in [0.25, 0.3) is 0 Å². The number of H-pyrrole nitrogens is 1. The maximum Gasteiger partial charge on any atom is 0.224 e. The zero-order valence-electron chi connectivity index (χ0n) is 20.5. The molecule has 1 amide bonds. The number of carbonyl (C=O) groups excluding carboxylic acids is 1. The molecule has 2 aromatic heterocycles. The Bertz CT molecular complexity index is 1390. The molecule has 0 saturated heterocycles. The number of nitrogens with one attached hydrogen (secondary N) is 2. The molecule has 1 fully saturated rings. The molecule has 1 aliphatic rings. The predicted octanol–water partition coefficient (Wildman–Crippen LogP) is 4.11. The second-order valence-electron chi connectivity index (χ2n) is 9.49. The quantitative estimate of drug-likeness (QED) is 0.370. The van der Waals surface area contributed by atoms with Gasteiger partial charge in [-0.3, -0.25) is 4.79 Å². The van der Waals surface area contributed by atoms with Gasteiger partial charge in [0.2, 0.25) is 5.91 Å². The summed E-state index contributed by atoms with van der Waals surface area (Å²) < 4.78 is 8.30. The Morgan fingerprint density at radius 2 is 2.06 bits per heavy atom. The minimum absolute atomic E-state index is 0.00547. The summed E-state index contributed by atoms with van der Waals surface area (Å²) in [5, 5.41) is 28.0. The molecule has 184 valence electrons. The van der Waals surface area contributed by atoms with Gasteiger partial charge in [-0.15, -0.1) is 10.2 Å². The lowest BCUT2D eigenvalue weighted by Crippen LogP contribution is -2.31. The predicted molar refractivity (Wildman–Crippen MR) is 135 cm³/mol. The number of tetrazole rings is 1. The van der Waals surface area contributed by atoms with Crippen LogP contribution >= 0.6 is 0 Å². The van der Waals surface area contributed by atoms with Crippen LogP contribution in [0.3, 0.4) is 0 Å². The highest BCUT2D eigenvalue weighted by Gasteiger charge is 2.28. The van der Waals surface area contributed by atoms with Crippen LogP contribution in [-0.4, -0.2) is 43.7 Å². The van der Waals surface area contributed by atoms with Gasteiger partial charge in [0.1, 0.15) is 11.8 Å². The second-order valence-corrected chi connectivity index (χ2v) is 9.49. The van der Waals surface area contributed by atoms with E-state index in [9.17, 15) is 10.1 Å². The van der Waals surface area contributed by atoms with Crippen LogP contribution in [0.1, 0.15) is 56.1 Å². The SMILES string of the molecule is CC(C)NC(=O)Cc1ccc(-c2c(C#N)c3ccc(OCCc4nn[nH]n4)cc3n2C2CCC2)cc1. The van der Waals surface area contributed by atoms with Gasteiger partial charge in [0, 0.05) is 30.0 Å². The van der Waals surface area contributed by atoms with E-state index in [0.29, 0.717) is 36.9 Å². The van der Waals surface area contributed by atoms with Gasteiger partial charge in [-0.1, -0.05) is 29.5 Å². The Kier molecular flexibility index (Phi) is 6.67. The topological polar surface area (TPSA) is 122 Å². The van der Waals surface area contributed by atoms with Crippen LogP contribution in [0.25, 0.3) is 22.2 Å². The van der Waals surface area contributed by atoms with E-state index in [1.807, 2.05) is 56.3 Å². The van der Waals surface area contributed by atoms with Crippen molar-refractivity contribution in [3.05, 3.63) is 59.4 Å². The zero-order chi connectivity index (χ0) is 25.1. The van der Waals surface area contributed by atoms with Crippen molar-refractivity contribution in [1.82, 2.24) is 30.5 Å². The molecule has 0 unspecified atom stereocenters. The first-order chi connectivity index (χ1) is 17.5. The average molecular weight is 484 g/mol. The number of hydrogen-bond acceptors (Lipinski definition) is 6. The number of rotatable bonds is 9. The summed E-state index contributed by atoms with van der Waals surface area (Å²) in [4.78, 5) is 12.2. The first kappa shape index (κ1) is 23.5. The Morgan fingerprint density at radius 3 is 2.69 bits per heavy atom. The molecule has 5 rings (SSSR count). The normalized spacial score (nSPS) is 13.5. The highest BCUT2D eigenvalue weighted by atomic mass is 16.5. The molecule has 1 aliphatic carbocycles. The summed E-state index contributed by atoms with van der Waals surface area (Å²) in [5.74, 6) is 1.35. The number of benzene rings is 2. The lowest BCUT2D eigenvalue weighted by Gasteiger charge is -2.30. The third-order valence-electron chi connectivity index (χ3n) is 6.55. The lowest BCUT2D eigenvalue weighted by molar-refractivity contribution is -0.120. The van der Waals surface area contributed by atoms with Crippen molar-refractivity contribution in [1.29, 1.82) is 5.26 Å². The summed E-state index contributed by atoms with van der Waals surface area (Å²) >= 11 is 0. The van der Waals surface area contributed by atoms with E-state index in [1.165, 1.54) is 6.42 Å². The minimum atomic E-state index is 0.00547. The van der Waals surface area contributed by atoms with Crippen molar-refractivity contribution in [2.24, 2.45) is 0 Å². The largest absolute Gasteiger partial charge is 0.493 e. The van der Waals surface area contributed by atoms with Crippen LogP contribution in [-0.2, 0) is 17.6 Å². The van der Waals surface area contributed by atoms with Crippen molar-refractivity contribution >= 4 is 16.8 Å². The van der Waals surface area contributed by atoms with Gasteiger partial charge in [-0.05, 0) is 56.4 Å². The van der Waals surface area contributed by atoms with E-state index in [4.69, 9.17) is 4.74 Å². The van der Waals surface area contributed by atoms with Crippen molar-refractivity contribution in [2.45, 2.75) is 58.0 Å². The Hall–Kier alpha value is -4.19. The van der Waals surface area contributed by atoms with Crippen molar-refractivity contribution in [3.63, 3.8) is 0 Å². The van der Waals surface area contributed by atoms with Crippen LogP contribution in [0.15, 0.2) is 42.5 Å². The van der Waals surface area contributed by atoms with Gasteiger partial charge in [-0.25, -0.2) is 0 Å². The summed E-state index contributed by atoms with van der Waals surface area (Å²) in [6.45, 7) is 4.33. The van der Waals surface area contributed by atoms with E-state index >= 15 is 0 Å². The molecular formula is C27H29N7O2. The fourth-order valence-corrected chi connectivity index (χ4v) is 4.69. The molecule has 2 aromatic carbocycles. The summed E-state index contributed by atoms with van der Waals surface area (Å²) in [5.41, 5.74) is 4.52. The number of fused-ring (bicyclic) bond motifs is 1. The van der Waals surface area contributed by atoms with Gasteiger partial charge in [0.15, 0.2) is 5.82 Å². The number of ether oxygens (including phenoxy) is 1. The van der Waals surface area contributed by atoms with Crippen molar-refractivity contribution in [2.75, 3.05) is 6.61 Å². The standard InChI is InChI=1S/C27H29N7O2/c1-17(2)29-26(35)14-18-6-8-19(9-7-18)27-23(16-28)22-11-10-21(36-13-12-25-30-32-33-31-25)15-24(22)34(27)20-4-3-5-20/h6-11,15,17,20H,3-5,12-14H2,1-2H3,(H,29,35)(H,30,31,32,33). The number of aromatic amines is 1. The molecular weight excluding hydrogens is 454 g/mol. The summed E-state index contributed by atoms with van der Waals surface area (Å²) in [6.07, 6.45) is 4.22. The molecule has 0 spiro atoms. The van der Waals surface area contributed by atoms with E-state index in [-0.39, 0.29) is 11.9 Å². The average Bonchev–Trinajstić information content (AvgIpc) is 3.44. The molecule has 0 radical (unpaired) electrons. The zero-order valence-corrected chi connectivity index (χ0v) is 20.5. The maximum absolute atomic E-state index is 12.2. The molecule has 1 saturated carbocycles. The van der Waals surface area contributed by atoms with Gasteiger partial charge < -0.3 is 14.6 Å². The van der Waals surface area contributed by atoms with Crippen LogP contribution in [0.4, 0.5) is 0 Å². The number of carbonyl (C=O) groups is 1. The lowest BCUT2D eigenvalue weighted by atomic mass is 9.92. The third kappa shape index (κ3) is 4.80. The minimum Gasteiger partial charge on any atom is -0.493 e. The molecule has 9 nitrogen and oxygen atoms in total. The first-order valence-corrected chi connectivity index (χ1v) is 12.4. The number of hydrogen-bond donors (Lipinski definition) is 2. The van der Waals surface area contributed by atoms with Gasteiger partial charge in [-0.2, -0.15) is 10.5 Å². The molecule has 9 heteroatoms. The third-order valence-corrected chi connectivity index (χ3v) is 6.55. The highest BCUT2D eigenvalue weighted by molar-refractivity contribution is 5.95. The van der Waals surface area contributed by atoms with Gasteiger partial charge in [0.05, 0.1) is 29.8 Å². The Morgan fingerprint density at radius 1 is 1.25 bits per heavy atom. The molecule has 36 heavy (non-hydrogen) atoms. The number of amides is 1. The fourth-order valence-electron chi connectivity index (χ4n) is 4.69. The van der Waals surface area contributed by atoms with Crippen molar-refractivity contribution < 1.29 is 9.53 Å². The van der Waals surface area contributed by atoms with Crippen molar-refractivity contribution in [3.8, 4) is 23.1 Å². The summed E-state index contributed by atoms with van der Waals surface area (Å²) in [6, 6.07) is 16.8. The van der Waals surface area contributed by atoms with Crippen LogP contribution in [0, 0.1) is 11.3 Å². The molecule has 0 bridgehead atoms. The van der Waals surface area contributed by atoms with E-state index < -0.39 is 0 Å². The number of nitriles is 1.